The van der Waals surface area contributed by atoms with E-state index in [2.05, 4.69) is 11.6 Å². The van der Waals surface area contributed by atoms with E-state index in [0.29, 0.717) is 38.8 Å². The topological polar surface area (TPSA) is 81.0 Å². The number of amides is 1. The Balaban J connectivity index is 1.82. The lowest BCUT2D eigenvalue weighted by atomic mass is 9.96. The summed E-state index contributed by atoms with van der Waals surface area (Å²) in [6, 6.07) is 13.5. The van der Waals surface area contributed by atoms with E-state index in [4.69, 9.17) is 16.3 Å². The van der Waals surface area contributed by atoms with Gasteiger partial charge in [-0.3, -0.25) is 14.2 Å². The molecule has 0 fully saturated rings. The number of halogens is 1. The number of nitrogens with zero attached hydrogens (tertiary/aromatic N) is 3. The monoisotopic (exact) mass is 519 g/mol. The number of carbonyl (C=O) groups is 2. The highest BCUT2D eigenvalue weighted by molar-refractivity contribution is 7.07. The molecule has 2 aliphatic heterocycles. The Labute approximate surface area is 215 Å². The van der Waals surface area contributed by atoms with E-state index in [9.17, 15) is 14.4 Å². The van der Waals surface area contributed by atoms with Crippen LogP contribution in [0.3, 0.4) is 0 Å². The van der Waals surface area contributed by atoms with Gasteiger partial charge in [0.15, 0.2) is 4.80 Å². The smallest absolute Gasteiger partial charge is 0.338 e. The number of ether oxygens (including phenoxy) is 1. The van der Waals surface area contributed by atoms with Crippen LogP contribution < -0.4 is 19.8 Å². The summed E-state index contributed by atoms with van der Waals surface area (Å²) in [5.74, 6) is -0.818. The summed E-state index contributed by atoms with van der Waals surface area (Å²) in [6.45, 7) is 7.70. The lowest BCUT2D eigenvalue weighted by Crippen LogP contribution is -2.41. The number of allylic oxidation sites excluding steroid dienone is 1. The molecule has 3 heterocycles. The van der Waals surface area contributed by atoms with Gasteiger partial charge in [-0.2, -0.15) is 0 Å². The lowest BCUT2D eigenvalue weighted by Gasteiger charge is -2.24. The molecule has 5 rings (SSSR count). The molecule has 0 saturated heterocycles. The number of hydrogen-bond acceptors (Lipinski definition) is 6. The predicted octanol–water partition coefficient (Wildman–Crippen LogP) is 3.35. The number of hydrogen-bond donors (Lipinski definition) is 0. The zero-order valence-corrected chi connectivity index (χ0v) is 21.2. The average molecular weight is 520 g/mol. The third kappa shape index (κ3) is 3.73. The second-order valence-corrected chi connectivity index (χ2v) is 9.68. The fraction of sp³-hybridized carbons (Fsp3) is 0.185. The van der Waals surface area contributed by atoms with E-state index in [1.54, 1.807) is 49.1 Å². The molecule has 0 saturated carbocycles. The largest absolute Gasteiger partial charge is 0.463 e. The molecule has 0 unspecified atom stereocenters. The van der Waals surface area contributed by atoms with E-state index in [-0.39, 0.29) is 22.6 Å². The first-order valence-electron chi connectivity index (χ1n) is 11.4. The number of thiazole rings is 1. The van der Waals surface area contributed by atoms with Crippen LogP contribution in [0.1, 0.15) is 31.0 Å². The molecular formula is C27H22ClN3O4S. The average Bonchev–Trinajstić information content (AvgIpc) is 3.32. The van der Waals surface area contributed by atoms with Crippen LogP contribution in [0.2, 0.25) is 5.02 Å². The maximum absolute atomic E-state index is 14.0. The zero-order valence-electron chi connectivity index (χ0n) is 19.7. The van der Waals surface area contributed by atoms with Crippen molar-refractivity contribution in [2.24, 2.45) is 4.99 Å². The van der Waals surface area contributed by atoms with Gasteiger partial charge < -0.3 is 9.64 Å². The molecule has 36 heavy (non-hydrogen) atoms. The van der Waals surface area contributed by atoms with Gasteiger partial charge in [0, 0.05) is 17.1 Å². The molecule has 0 N–H and O–H groups in total. The van der Waals surface area contributed by atoms with Gasteiger partial charge in [0.25, 0.3) is 11.5 Å². The minimum absolute atomic E-state index is 0.182. The summed E-state index contributed by atoms with van der Waals surface area (Å²) in [6.07, 6.45) is 1.65. The van der Waals surface area contributed by atoms with Crippen LogP contribution in [0.5, 0.6) is 0 Å². The molecule has 1 aromatic heterocycles. The Kier molecular flexibility index (Phi) is 6.24. The second kappa shape index (κ2) is 9.37. The van der Waals surface area contributed by atoms with Crippen LogP contribution in [-0.4, -0.2) is 29.6 Å². The molecule has 1 amide bonds. The van der Waals surface area contributed by atoms with Gasteiger partial charge in [0.2, 0.25) is 0 Å². The van der Waals surface area contributed by atoms with Crippen LogP contribution >= 0.6 is 22.9 Å². The molecule has 3 aromatic rings. The molecule has 2 aliphatic rings. The molecule has 0 bridgehead atoms. The molecule has 0 radical (unpaired) electrons. The third-order valence-corrected chi connectivity index (χ3v) is 7.45. The fourth-order valence-electron chi connectivity index (χ4n) is 4.61. The van der Waals surface area contributed by atoms with Crippen molar-refractivity contribution in [1.82, 2.24) is 4.57 Å². The summed E-state index contributed by atoms with van der Waals surface area (Å²) >= 11 is 7.25. The Morgan fingerprint density at radius 3 is 2.61 bits per heavy atom. The molecule has 0 spiro atoms. The SMILES string of the molecule is C=CCN1C(=O)C(=c2sc3n(c2=O)[C@@H](c2ccc(Cl)cc2)C(C(=O)OCC)=C(C)N=3)c2ccccc21. The Hall–Kier alpha value is -3.75. The van der Waals surface area contributed by atoms with Crippen molar-refractivity contribution >= 4 is 46.1 Å². The van der Waals surface area contributed by atoms with Crippen molar-refractivity contribution < 1.29 is 14.3 Å². The van der Waals surface area contributed by atoms with Crippen LogP contribution in [0, 0.1) is 0 Å². The number of para-hydroxylation sites is 1. The van der Waals surface area contributed by atoms with E-state index in [1.165, 1.54) is 4.57 Å². The highest BCUT2D eigenvalue weighted by Gasteiger charge is 2.37. The van der Waals surface area contributed by atoms with E-state index < -0.39 is 17.6 Å². The summed E-state index contributed by atoms with van der Waals surface area (Å²) in [4.78, 5) is 47.1. The van der Waals surface area contributed by atoms with Crippen molar-refractivity contribution in [3.8, 4) is 0 Å². The van der Waals surface area contributed by atoms with Gasteiger partial charge in [0.1, 0.15) is 4.53 Å². The number of fused-ring (bicyclic) bond motifs is 2. The number of rotatable bonds is 5. The first-order valence-corrected chi connectivity index (χ1v) is 12.6. The number of esters is 1. The molecule has 182 valence electrons. The number of benzene rings is 2. The van der Waals surface area contributed by atoms with Gasteiger partial charge in [-0.15, -0.1) is 6.58 Å². The molecule has 9 heteroatoms. The predicted molar refractivity (Wildman–Crippen MR) is 140 cm³/mol. The quantitative estimate of drug-likeness (QED) is 0.382. The van der Waals surface area contributed by atoms with Gasteiger partial charge in [-0.1, -0.05) is 59.3 Å². The number of aromatic nitrogens is 1. The highest BCUT2D eigenvalue weighted by Crippen LogP contribution is 2.35. The number of anilines is 1. The van der Waals surface area contributed by atoms with E-state index >= 15 is 0 Å². The van der Waals surface area contributed by atoms with Gasteiger partial charge >= 0.3 is 5.97 Å². The Morgan fingerprint density at radius 1 is 1.19 bits per heavy atom. The van der Waals surface area contributed by atoms with E-state index in [0.717, 1.165) is 17.0 Å². The van der Waals surface area contributed by atoms with E-state index in [1.807, 2.05) is 24.3 Å². The molecular weight excluding hydrogens is 498 g/mol. The van der Waals surface area contributed by atoms with Crippen molar-refractivity contribution in [2.45, 2.75) is 19.9 Å². The first-order chi connectivity index (χ1) is 17.4. The molecule has 2 aromatic carbocycles. The maximum Gasteiger partial charge on any atom is 0.338 e. The number of carbonyl (C=O) groups excluding carboxylic acids is 2. The standard InChI is InChI=1S/C27H22ClN3O4S/c1-4-14-30-19-9-7-6-8-18(19)21(24(30)32)23-25(33)31-22(16-10-12-17(28)13-11-16)20(26(34)35-5-2)15(3)29-27(31)36-23/h4,6-13,22H,1,5,14H2,2-3H3/t22-/m0/s1. The molecule has 1 atom stereocenters. The molecule has 0 aliphatic carbocycles. The fourth-order valence-corrected chi connectivity index (χ4v) is 5.87. The van der Waals surface area contributed by atoms with Crippen LogP contribution in [-0.2, 0) is 14.3 Å². The van der Waals surface area contributed by atoms with Crippen molar-refractivity contribution in [3.63, 3.8) is 0 Å². The van der Waals surface area contributed by atoms with Crippen LogP contribution in [0.25, 0.3) is 5.57 Å². The zero-order chi connectivity index (χ0) is 25.6. The van der Waals surface area contributed by atoms with Gasteiger partial charge in [-0.25, -0.2) is 9.79 Å². The summed E-state index contributed by atoms with van der Waals surface area (Å²) in [7, 11) is 0. The van der Waals surface area contributed by atoms with Crippen molar-refractivity contribution in [2.75, 3.05) is 18.1 Å². The Bertz CT molecular complexity index is 1630. The van der Waals surface area contributed by atoms with Crippen LogP contribution in [0.15, 0.2) is 82.2 Å². The summed E-state index contributed by atoms with van der Waals surface area (Å²) in [5, 5.41) is 0.530. The maximum atomic E-state index is 14.0. The normalized spacial score (nSPS) is 18.0. The third-order valence-electron chi connectivity index (χ3n) is 6.14. The molecule has 7 nitrogen and oxygen atoms in total. The van der Waals surface area contributed by atoms with Gasteiger partial charge in [-0.05, 0) is 37.6 Å². The first kappa shape index (κ1) is 24.0. The minimum atomic E-state index is -0.775. The second-order valence-electron chi connectivity index (χ2n) is 8.27. The Morgan fingerprint density at radius 2 is 1.92 bits per heavy atom. The summed E-state index contributed by atoms with van der Waals surface area (Å²) in [5.41, 5.74) is 2.74. The van der Waals surface area contributed by atoms with Crippen LogP contribution in [0.4, 0.5) is 5.69 Å². The highest BCUT2D eigenvalue weighted by atomic mass is 35.5. The lowest BCUT2D eigenvalue weighted by molar-refractivity contribution is -0.139. The summed E-state index contributed by atoms with van der Waals surface area (Å²) < 4.78 is 7.07. The van der Waals surface area contributed by atoms with Crippen molar-refractivity contribution in [1.29, 1.82) is 0 Å². The van der Waals surface area contributed by atoms with Crippen molar-refractivity contribution in [3.05, 3.63) is 108 Å². The minimum Gasteiger partial charge on any atom is -0.463 e. The van der Waals surface area contributed by atoms with Gasteiger partial charge in [0.05, 0.1) is 35.2 Å².